The topological polar surface area (TPSA) is 58.6 Å². The first kappa shape index (κ1) is 21.0. The molecule has 3 heterocycles. The van der Waals surface area contributed by atoms with Crippen molar-refractivity contribution in [3.8, 4) is 0 Å². The maximum atomic E-state index is 14.7. The second-order valence-corrected chi connectivity index (χ2v) is 8.85. The number of methoxy groups -OCH3 is 1. The van der Waals surface area contributed by atoms with Gasteiger partial charge in [0.2, 0.25) is 0 Å². The second kappa shape index (κ2) is 8.92. The monoisotopic (exact) mass is 434 g/mol. The minimum Gasteiger partial charge on any atom is -0.383 e. The van der Waals surface area contributed by atoms with Crippen LogP contribution in [-0.4, -0.2) is 72.3 Å². The normalized spacial score (nSPS) is 20.8. The molecule has 0 N–H and O–H groups in total. The lowest BCUT2D eigenvalue weighted by Crippen LogP contribution is -2.34. The van der Waals surface area contributed by atoms with Crippen molar-refractivity contribution in [3.63, 3.8) is 0 Å². The number of fused-ring (bicyclic) bond motifs is 2. The number of hydrogen-bond donors (Lipinski definition) is 0. The highest BCUT2D eigenvalue weighted by Crippen LogP contribution is 2.32. The lowest BCUT2D eigenvalue weighted by Gasteiger charge is -2.22. The van der Waals surface area contributed by atoms with E-state index in [1.807, 2.05) is 29.2 Å². The van der Waals surface area contributed by atoms with Crippen molar-refractivity contribution < 1.29 is 13.9 Å². The van der Waals surface area contributed by atoms with Crippen molar-refractivity contribution >= 4 is 16.7 Å². The molecule has 2 aliphatic heterocycles. The Labute approximate surface area is 187 Å². The van der Waals surface area contributed by atoms with Gasteiger partial charge in [0, 0.05) is 57.0 Å². The largest absolute Gasteiger partial charge is 0.383 e. The Kier molecular flexibility index (Phi) is 5.85. The third kappa shape index (κ3) is 4.10. The van der Waals surface area contributed by atoms with E-state index in [2.05, 4.69) is 15.1 Å². The summed E-state index contributed by atoms with van der Waals surface area (Å²) in [6.45, 7) is 4.96. The van der Waals surface area contributed by atoms with Crippen LogP contribution in [0.25, 0.3) is 10.8 Å². The molecular weight excluding hydrogens is 407 g/mol. The summed E-state index contributed by atoms with van der Waals surface area (Å²) in [5, 5.41) is 10.4. The number of ether oxygens (including phenoxy) is 1. The minimum absolute atomic E-state index is 0.145. The van der Waals surface area contributed by atoms with Gasteiger partial charge in [-0.2, -0.15) is 10.2 Å². The van der Waals surface area contributed by atoms with Crippen LogP contribution in [0.4, 0.5) is 4.39 Å². The number of carbonyl (C=O) groups excluding carboxylic acids is 1. The average Bonchev–Trinajstić information content (AvgIpc) is 3.38. The Morgan fingerprint density at radius 1 is 1.12 bits per heavy atom. The molecule has 2 aromatic carbocycles. The van der Waals surface area contributed by atoms with Gasteiger partial charge >= 0.3 is 0 Å². The lowest BCUT2D eigenvalue weighted by atomic mass is 10.0. The summed E-state index contributed by atoms with van der Waals surface area (Å²) in [5.74, 6) is 0.216. The Balaban J connectivity index is 1.31. The highest BCUT2D eigenvalue weighted by Gasteiger charge is 2.41. The van der Waals surface area contributed by atoms with Gasteiger partial charge in [-0.05, 0) is 29.5 Å². The molecule has 166 valence electrons. The molecule has 0 spiro atoms. The fraction of sp³-hybridized carbons (Fsp3) is 0.400. The highest BCUT2D eigenvalue weighted by atomic mass is 19.1. The van der Waals surface area contributed by atoms with Gasteiger partial charge in [0.05, 0.1) is 24.1 Å². The summed E-state index contributed by atoms with van der Waals surface area (Å²) < 4.78 is 19.8. The summed E-state index contributed by atoms with van der Waals surface area (Å²) >= 11 is 0. The van der Waals surface area contributed by atoms with Gasteiger partial charge in [-0.1, -0.05) is 30.3 Å². The van der Waals surface area contributed by atoms with Gasteiger partial charge in [0.1, 0.15) is 5.82 Å². The van der Waals surface area contributed by atoms with Crippen molar-refractivity contribution in [2.45, 2.75) is 6.42 Å². The van der Waals surface area contributed by atoms with E-state index in [9.17, 15) is 9.18 Å². The molecule has 0 bridgehead atoms. The Morgan fingerprint density at radius 2 is 1.91 bits per heavy atom. The summed E-state index contributed by atoms with van der Waals surface area (Å²) in [6, 6.07) is 12.7. The zero-order valence-electron chi connectivity index (χ0n) is 18.2. The molecule has 2 fully saturated rings. The van der Waals surface area contributed by atoms with Crippen LogP contribution in [0.3, 0.4) is 0 Å². The molecule has 0 aliphatic carbocycles. The van der Waals surface area contributed by atoms with Crippen LogP contribution in [0.2, 0.25) is 0 Å². The molecular formula is C25H27FN4O2. The molecule has 2 atom stereocenters. The number of benzene rings is 2. The minimum atomic E-state index is -0.471. The Morgan fingerprint density at radius 3 is 2.69 bits per heavy atom. The van der Waals surface area contributed by atoms with Crippen molar-refractivity contribution in [1.82, 2.24) is 20.0 Å². The van der Waals surface area contributed by atoms with E-state index in [4.69, 9.17) is 4.74 Å². The van der Waals surface area contributed by atoms with E-state index in [0.717, 1.165) is 48.3 Å². The predicted octanol–water partition coefficient (Wildman–Crippen LogP) is 3.01. The van der Waals surface area contributed by atoms with E-state index in [0.29, 0.717) is 31.3 Å². The van der Waals surface area contributed by atoms with E-state index in [-0.39, 0.29) is 11.5 Å². The standard InChI is InChI=1S/C25H27FN4O2/c1-32-9-8-29-13-19-15-30(16-20(19)14-29)25(31)22-10-17(6-7-23(22)26)11-24-21-5-3-2-4-18(21)12-27-28-24/h2-7,10,12,19-20H,8-9,11,13-16H2,1H3. The molecule has 0 radical (unpaired) electrons. The first-order valence-electron chi connectivity index (χ1n) is 11.1. The predicted molar refractivity (Wildman–Crippen MR) is 120 cm³/mol. The molecule has 6 nitrogen and oxygen atoms in total. The molecule has 5 rings (SSSR count). The van der Waals surface area contributed by atoms with E-state index in [1.54, 1.807) is 25.4 Å². The molecule has 2 saturated heterocycles. The van der Waals surface area contributed by atoms with Crippen LogP contribution in [-0.2, 0) is 11.2 Å². The third-order valence-corrected chi connectivity index (χ3v) is 6.74. The maximum absolute atomic E-state index is 14.7. The zero-order chi connectivity index (χ0) is 22.1. The third-order valence-electron chi connectivity index (χ3n) is 6.74. The maximum Gasteiger partial charge on any atom is 0.256 e. The second-order valence-electron chi connectivity index (χ2n) is 8.85. The molecule has 7 heteroatoms. The number of aromatic nitrogens is 2. The van der Waals surface area contributed by atoms with E-state index >= 15 is 0 Å². The number of likely N-dealkylation sites (tertiary alicyclic amines) is 2. The first-order valence-corrected chi connectivity index (χ1v) is 11.1. The molecule has 1 aromatic heterocycles. The lowest BCUT2D eigenvalue weighted by molar-refractivity contribution is 0.0765. The molecule has 2 unspecified atom stereocenters. The summed E-state index contributed by atoms with van der Waals surface area (Å²) in [6.07, 6.45) is 2.23. The van der Waals surface area contributed by atoms with Crippen LogP contribution < -0.4 is 0 Å². The van der Waals surface area contributed by atoms with Crippen molar-refractivity contribution in [1.29, 1.82) is 0 Å². The Bertz CT molecular complexity index is 1120. The van der Waals surface area contributed by atoms with Crippen molar-refractivity contribution in [2.75, 3.05) is 46.4 Å². The fourth-order valence-electron chi connectivity index (χ4n) is 5.09. The molecule has 1 amide bonds. The smallest absolute Gasteiger partial charge is 0.256 e. The summed E-state index contributed by atoms with van der Waals surface area (Å²) in [5.41, 5.74) is 1.82. The molecule has 0 saturated carbocycles. The number of carbonyl (C=O) groups is 1. The number of rotatable bonds is 6. The van der Waals surface area contributed by atoms with Gasteiger partial charge in [-0.15, -0.1) is 0 Å². The van der Waals surface area contributed by atoms with Crippen LogP contribution in [0.5, 0.6) is 0 Å². The van der Waals surface area contributed by atoms with Crippen molar-refractivity contribution in [2.24, 2.45) is 11.8 Å². The summed E-state index contributed by atoms with van der Waals surface area (Å²) in [7, 11) is 1.72. The van der Waals surface area contributed by atoms with Gasteiger partial charge in [-0.25, -0.2) is 4.39 Å². The van der Waals surface area contributed by atoms with E-state index in [1.165, 1.54) is 6.07 Å². The quantitative estimate of drug-likeness (QED) is 0.597. The molecule has 32 heavy (non-hydrogen) atoms. The molecule has 2 aliphatic rings. The van der Waals surface area contributed by atoms with Crippen LogP contribution in [0, 0.1) is 17.7 Å². The molecule has 3 aromatic rings. The van der Waals surface area contributed by atoms with Crippen LogP contribution in [0.15, 0.2) is 48.7 Å². The highest BCUT2D eigenvalue weighted by molar-refractivity contribution is 5.95. The van der Waals surface area contributed by atoms with Crippen molar-refractivity contribution in [3.05, 3.63) is 71.3 Å². The van der Waals surface area contributed by atoms with E-state index < -0.39 is 5.82 Å². The SMILES string of the molecule is COCCN1CC2CN(C(=O)c3cc(Cc4nncc5ccccc45)ccc3F)CC2C1. The number of hydrogen-bond acceptors (Lipinski definition) is 5. The van der Waals surface area contributed by atoms with Crippen LogP contribution in [0.1, 0.15) is 21.6 Å². The van der Waals surface area contributed by atoms with Crippen LogP contribution >= 0.6 is 0 Å². The van der Waals surface area contributed by atoms with Gasteiger partial charge in [-0.3, -0.25) is 4.79 Å². The zero-order valence-corrected chi connectivity index (χ0v) is 18.2. The summed E-state index contributed by atoms with van der Waals surface area (Å²) in [4.78, 5) is 17.4. The number of halogens is 1. The fourth-order valence-corrected chi connectivity index (χ4v) is 5.09. The van der Waals surface area contributed by atoms with Gasteiger partial charge < -0.3 is 14.5 Å². The average molecular weight is 435 g/mol. The van der Waals surface area contributed by atoms with Gasteiger partial charge in [0.15, 0.2) is 0 Å². The number of nitrogens with zero attached hydrogens (tertiary/aromatic N) is 4. The Hall–Kier alpha value is -2.90. The van der Waals surface area contributed by atoms with Gasteiger partial charge in [0.25, 0.3) is 5.91 Å². The number of amides is 1. The first-order chi connectivity index (χ1) is 15.6.